The summed E-state index contributed by atoms with van der Waals surface area (Å²) >= 11 is 5.11. The SMILES string of the molecule is O=C(NC(=S)Nc1ncn(-c2ccccc2)n1)c1ccccc1. The number of nitrogens with one attached hydrogen (secondary N) is 2. The van der Waals surface area contributed by atoms with Gasteiger partial charge in [-0.2, -0.15) is 4.98 Å². The van der Waals surface area contributed by atoms with E-state index in [0.717, 1.165) is 5.69 Å². The lowest BCUT2D eigenvalue weighted by atomic mass is 10.2. The molecular weight excluding hydrogens is 310 g/mol. The molecule has 3 rings (SSSR count). The summed E-state index contributed by atoms with van der Waals surface area (Å²) in [6.07, 6.45) is 1.57. The van der Waals surface area contributed by atoms with Crippen molar-refractivity contribution in [3.8, 4) is 5.69 Å². The molecule has 0 bridgehead atoms. The van der Waals surface area contributed by atoms with E-state index in [-0.39, 0.29) is 11.0 Å². The van der Waals surface area contributed by atoms with Crippen molar-refractivity contribution < 1.29 is 4.79 Å². The summed E-state index contributed by atoms with van der Waals surface area (Å²) < 4.78 is 1.62. The first-order valence-electron chi connectivity index (χ1n) is 6.87. The standard InChI is InChI=1S/C16H13N5OS/c22-14(12-7-3-1-4-8-12)18-16(23)19-15-17-11-21(20-15)13-9-5-2-6-10-13/h1-11H,(H2,18,19,20,22,23). The van der Waals surface area contributed by atoms with E-state index < -0.39 is 0 Å². The molecule has 0 radical (unpaired) electrons. The molecular formula is C16H13N5OS. The zero-order chi connectivity index (χ0) is 16.1. The van der Waals surface area contributed by atoms with Gasteiger partial charge in [0.2, 0.25) is 5.95 Å². The Morgan fingerprint density at radius 1 is 1.00 bits per heavy atom. The summed E-state index contributed by atoms with van der Waals surface area (Å²) in [4.78, 5) is 16.1. The average molecular weight is 323 g/mol. The molecule has 1 amide bonds. The van der Waals surface area contributed by atoms with Gasteiger partial charge in [0.1, 0.15) is 6.33 Å². The first kappa shape index (κ1) is 14.9. The molecule has 6 nitrogen and oxygen atoms in total. The van der Waals surface area contributed by atoms with Crippen LogP contribution in [-0.4, -0.2) is 25.8 Å². The van der Waals surface area contributed by atoms with Crippen molar-refractivity contribution in [3.63, 3.8) is 0 Å². The number of amides is 1. The Balaban J connectivity index is 1.63. The highest BCUT2D eigenvalue weighted by atomic mass is 32.1. The van der Waals surface area contributed by atoms with E-state index in [1.54, 1.807) is 35.3 Å². The van der Waals surface area contributed by atoms with Crippen molar-refractivity contribution in [3.05, 3.63) is 72.6 Å². The van der Waals surface area contributed by atoms with Crippen LogP contribution in [0, 0.1) is 0 Å². The summed E-state index contributed by atoms with van der Waals surface area (Å²) in [6, 6.07) is 18.4. The first-order valence-corrected chi connectivity index (χ1v) is 7.28. The van der Waals surface area contributed by atoms with Gasteiger partial charge in [0.25, 0.3) is 5.91 Å². The molecule has 0 spiro atoms. The molecule has 23 heavy (non-hydrogen) atoms. The predicted molar refractivity (Wildman–Crippen MR) is 91.5 cm³/mol. The molecule has 0 saturated carbocycles. The second-order valence-electron chi connectivity index (χ2n) is 4.62. The molecule has 0 unspecified atom stereocenters. The van der Waals surface area contributed by atoms with Crippen molar-refractivity contribution >= 4 is 29.2 Å². The molecule has 2 N–H and O–H groups in total. The highest BCUT2D eigenvalue weighted by Gasteiger charge is 2.09. The van der Waals surface area contributed by atoms with Crippen LogP contribution in [0.25, 0.3) is 5.69 Å². The minimum absolute atomic E-state index is 0.143. The number of anilines is 1. The van der Waals surface area contributed by atoms with Crippen molar-refractivity contribution in [1.82, 2.24) is 20.1 Å². The lowest BCUT2D eigenvalue weighted by Gasteiger charge is -2.06. The molecule has 0 fully saturated rings. The van der Waals surface area contributed by atoms with Crippen LogP contribution in [0.5, 0.6) is 0 Å². The van der Waals surface area contributed by atoms with Gasteiger partial charge in [0.15, 0.2) is 5.11 Å². The van der Waals surface area contributed by atoms with Gasteiger partial charge in [-0.25, -0.2) is 4.68 Å². The molecule has 3 aromatic rings. The van der Waals surface area contributed by atoms with E-state index >= 15 is 0 Å². The van der Waals surface area contributed by atoms with Crippen molar-refractivity contribution in [2.75, 3.05) is 5.32 Å². The number of thiocarbonyl (C=S) groups is 1. The number of carbonyl (C=O) groups is 1. The Morgan fingerprint density at radius 3 is 2.35 bits per heavy atom. The summed E-state index contributed by atoms with van der Waals surface area (Å²) in [5.41, 5.74) is 1.41. The van der Waals surface area contributed by atoms with Crippen LogP contribution in [-0.2, 0) is 0 Å². The average Bonchev–Trinajstić information content (AvgIpc) is 3.04. The van der Waals surface area contributed by atoms with Gasteiger partial charge in [0, 0.05) is 5.56 Å². The van der Waals surface area contributed by atoms with E-state index in [1.165, 1.54) is 0 Å². The van der Waals surface area contributed by atoms with E-state index in [1.807, 2.05) is 36.4 Å². The molecule has 7 heteroatoms. The van der Waals surface area contributed by atoms with E-state index in [9.17, 15) is 4.79 Å². The summed E-state index contributed by atoms with van der Waals surface area (Å²) in [7, 11) is 0. The molecule has 2 aromatic carbocycles. The highest BCUT2D eigenvalue weighted by molar-refractivity contribution is 7.80. The third kappa shape index (κ3) is 3.78. The number of carbonyl (C=O) groups excluding carboxylic acids is 1. The second kappa shape index (κ2) is 6.80. The molecule has 0 aliphatic rings. The molecule has 114 valence electrons. The maximum Gasteiger partial charge on any atom is 0.257 e. The van der Waals surface area contributed by atoms with E-state index in [4.69, 9.17) is 12.2 Å². The maximum atomic E-state index is 12.0. The summed E-state index contributed by atoms with van der Waals surface area (Å²) in [5, 5.41) is 9.77. The largest absolute Gasteiger partial charge is 0.300 e. The minimum Gasteiger partial charge on any atom is -0.300 e. The Hall–Kier alpha value is -3.06. The third-order valence-corrected chi connectivity index (χ3v) is 3.21. The number of nitrogens with zero attached hydrogens (tertiary/aromatic N) is 3. The Morgan fingerprint density at radius 2 is 1.65 bits per heavy atom. The molecule has 0 saturated heterocycles. The molecule has 1 aromatic heterocycles. The van der Waals surface area contributed by atoms with E-state index in [0.29, 0.717) is 11.5 Å². The van der Waals surface area contributed by atoms with Crippen LogP contribution in [0.4, 0.5) is 5.95 Å². The summed E-state index contributed by atoms with van der Waals surface area (Å²) in [5.74, 6) is 0.0257. The fourth-order valence-corrected chi connectivity index (χ4v) is 2.11. The number of para-hydroxylation sites is 1. The first-order chi connectivity index (χ1) is 11.2. The van der Waals surface area contributed by atoms with Gasteiger partial charge < -0.3 is 0 Å². The van der Waals surface area contributed by atoms with Gasteiger partial charge in [0.05, 0.1) is 5.69 Å². The van der Waals surface area contributed by atoms with Crippen LogP contribution < -0.4 is 10.6 Å². The predicted octanol–water partition coefficient (Wildman–Crippen LogP) is 2.39. The van der Waals surface area contributed by atoms with Crippen LogP contribution in [0.3, 0.4) is 0 Å². The van der Waals surface area contributed by atoms with Gasteiger partial charge in [-0.05, 0) is 36.5 Å². The summed E-state index contributed by atoms with van der Waals surface area (Å²) in [6.45, 7) is 0. The smallest absolute Gasteiger partial charge is 0.257 e. The number of benzene rings is 2. The number of hydrogen-bond donors (Lipinski definition) is 2. The van der Waals surface area contributed by atoms with Crippen molar-refractivity contribution in [2.45, 2.75) is 0 Å². The Kier molecular flexibility index (Phi) is 4.39. The van der Waals surface area contributed by atoms with Crippen LogP contribution in [0.2, 0.25) is 0 Å². The lowest BCUT2D eigenvalue weighted by molar-refractivity contribution is 0.0977. The number of rotatable bonds is 3. The maximum absolute atomic E-state index is 12.0. The highest BCUT2D eigenvalue weighted by Crippen LogP contribution is 2.07. The zero-order valence-corrected chi connectivity index (χ0v) is 12.8. The molecule has 0 atom stereocenters. The van der Waals surface area contributed by atoms with Crippen molar-refractivity contribution in [1.29, 1.82) is 0 Å². The Bertz CT molecular complexity index is 817. The van der Waals surface area contributed by atoms with Crippen LogP contribution in [0.1, 0.15) is 10.4 Å². The van der Waals surface area contributed by atoms with Crippen LogP contribution >= 0.6 is 12.2 Å². The van der Waals surface area contributed by atoms with E-state index in [2.05, 4.69) is 20.7 Å². The third-order valence-electron chi connectivity index (χ3n) is 3.00. The molecule has 1 heterocycles. The fraction of sp³-hybridized carbons (Fsp3) is 0. The quantitative estimate of drug-likeness (QED) is 0.724. The topological polar surface area (TPSA) is 71.8 Å². The normalized spacial score (nSPS) is 10.1. The van der Waals surface area contributed by atoms with Gasteiger partial charge in [-0.1, -0.05) is 36.4 Å². The molecule has 0 aliphatic carbocycles. The number of aromatic nitrogens is 3. The van der Waals surface area contributed by atoms with Crippen molar-refractivity contribution in [2.24, 2.45) is 0 Å². The van der Waals surface area contributed by atoms with Gasteiger partial charge in [-0.15, -0.1) is 5.10 Å². The monoisotopic (exact) mass is 323 g/mol. The Labute approximate surface area is 138 Å². The fourth-order valence-electron chi connectivity index (χ4n) is 1.92. The van der Waals surface area contributed by atoms with Gasteiger partial charge in [-0.3, -0.25) is 15.4 Å². The van der Waals surface area contributed by atoms with Crippen LogP contribution in [0.15, 0.2) is 67.0 Å². The minimum atomic E-state index is -0.286. The van der Waals surface area contributed by atoms with Gasteiger partial charge >= 0.3 is 0 Å². The molecule has 0 aliphatic heterocycles. The zero-order valence-electron chi connectivity index (χ0n) is 12.0. The lowest BCUT2D eigenvalue weighted by Crippen LogP contribution is -2.34. The number of hydrogen-bond acceptors (Lipinski definition) is 4. The second-order valence-corrected chi connectivity index (χ2v) is 5.03.